The predicted molar refractivity (Wildman–Crippen MR) is 79.2 cm³/mol. The van der Waals surface area contributed by atoms with Crippen LogP contribution in [-0.2, 0) is 5.54 Å². The highest BCUT2D eigenvalue weighted by Gasteiger charge is 2.42. The van der Waals surface area contributed by atoms with Crippen LogP contribution in [0.2, 0.25) is 0 Å². The van der Waals surface area contributed by atoms with Gasteiger partial charge in [0.2, 0.25) is 0 Å². The van der Waals surface area contributed by atoms with E-state index in [0.29, 0.717) is 0 Å². The fourth-order valence-electron chi connectivity index (χ4n) is 3.16. The van der Waals surface area contributed by atoms with Gasteiger partial charge in [-0.3, -0.25) is 4.99 Å². The quantitative estimate of drug-likeness (QED) is 0.904. The molecule has 3 nitrogen and oxygen atoms in total. The van der Waals surface area contributed by atoms with Crippen molar-refractivity contribution in [2.45, 2.75) is 39.2 Å². The van der Waals surface area contributed by atoms with Crippen molar-refractivity contribution in [3.63, 3.8) is 0 Å². The van der Waals surface area contributed by atoms with E-state index >= 15 is 0 Å². The zero-order valence-corrected chi connectivity index (χ0v) is 12.1. The number of nitrogens with zero attached hydrogens (tertiary/aromatic N) is 2. The monoisotopic (exact) mass is 257 g/mol. The van der Waals surface area contributed by atoms with Crippen molar-refractivity contribution < 1.29 is 0 Å². The third-order valence-electron chi connectivity index (χ3n) is 4.52. The average molecular weight is 257 g/mol. The van der Waals surface area contributed by atoms with Crippen LogP contribution in [0.4, 0.5) is 0 Å². The Balaban J connectivity index is 1.96. The summed E-state index contributed by atoms with van der Waals surface area (Å²) >= 11 is 0. The largest absolute Gasteiger partial charge is 0.370 e. The van der Waals surface area contributed by atoms with E-state index in [2.05, 4.69) is 48.9 Å². The summed E-state index contributed by atoms with van der Waals surface area (Å²) in [7, 11) is 0. The van der Waals surface area contributed by atoms with Gasteiger partial charge >= 0.3 is 0 Å². The number of nitrogens with two attached hydrogens (primary N) is 1. The summed E-state index contributed by atoms with van der Waals surface area (Å²) < 4.78 is 0. The first-order chi connectivity index (χ1) is 9.00. The molecule has 19 heavy (non-hydrogen) atoms. The molecule has 0 amide bonds. The summed E-state index contributed by atoms with van der Waals surface area (Å²) in [6, 6.07) is 6.69. The second-order valence-electron chi connectivity index (χ2n) is 6.32. The van der Waals surface area contributed by atoms with Gasteiger partial charge in [-0.1, -0.05) is 23.8 Å². The molecule has 2 aliphatic rings. The van der Waals surface area contributed by atoms with Crippen LogP contribution in [0.25, 0.3) is 0 Å². The maximum atomic E-state index is 6.12. The summed E-state index contributed by atoms with van der Waals surface area (Å²) in [5.74, 6) is 1.53. The number of aryl methyl sites for hydroxylation is 2. The van der Waals surface area contributed by atoms with Crippen molar-refractivity contribution in [1.29, 1.82) is 0 Å². The Hall–Kier alpha value is -1.51. The summed E-state index contributed by atoms with van der Waals surface area (Å²) in [6.45, 7) is 8.43. The molecule has 1 atom stereocenters. The zero-order valence-electron chi connectivity index (χ0n) is 12.1. The number of guanidine groups is 1. The molecule has 102 valence electrons. The minimum absolute atomic E-state index is 0.0650. The van der Waals surface area contributed by atoms with E-state index in [4.69, 9.17) is 5.73 Å². The van der Waals surface area contributed by atoms with Gasteiger partial charge in [0, 0.05) is 6.54 Å². The smallest absolute Gasteiger partial charge is 0.192 e. The molecule has 0 aromatic heterocycles. The van der Waals surface area contributed by atoms with Crippen LogP contribution in [0.15, 0.2) is 23.2 Å². The van der Waals surface area contributed by atoms with Crippen LogP contribution < -0.4 is 5.73 Å². The van der Waals surface area contributed by atoms with Crippen LogP contribution >= 0.6 is 0 Å². The molecule has 0 saturated heterocycles. The van der Waals surface area contributed by atoms with E-state index in [1.54, 1.807) is 0 Å². The van der Waals surface area contributed by atoms with Gasteiger partial charge in [0.25, 0.3) is 0 Å². The van der Waals surface area contributed by atoms with Crippen molar-refractivity contribution in [1.82, 2.24) is 4.90 Å². The van der Waals surface area contributed by atoms with Crippen molar-refractivity contribution >= 4 is 5.96 Å². The first-order valence-corrected chi connectivity index (χ1v) is 7.16. The minimum atomic E-state index is -0.0650. The van der Waals surface area contributed by atoms with Crippen LogP contribution in [0.1, 0.15) is 36.5 Å². The van der Waals surface area contributed by atoms with Crippen LogP contribution in [-0.4, -0.2) is 23.9 Å². The molecule has 2 N–H and O–H groups in total. The lowest BCUT2D eigenvalue weighted by molar-refractivity contribution is 0.216. The molecule has 1 aromatic carbocycles. The number of benzene rings is 1. The number of rotatable bonds is 3. The van der Waals surface area contributed by atoms with Crippen molar-refractivity contribution in [2.24, 2.45) is 16.6 Å². The van der Waals surface area contributed by atoms with E-state index in [-0.39, 0.29) is 5.54 Å². The topological polar surface area (TPSA) is 41.6 Å². The van der Waals surface area contributed by atoms with Crippen LogP contribution in [0.3, 0.4) is 0 Å². The van der Waals surface area contributed by atoms with Gasteiger partial charge in [-0.05, 0) is 50.7 Å². The van der Waals surface area contributed by atoms with Gasteiger partial charge in [0.15, 0.2) is 5.96 Å². The van der Waals surface area contributed by atoms with Crippen molar-refractivity contribution in [3.8, 4) is 0 Å². The maximum absolute atomic E-state index is 6.12. The Bertz CT molecular complexity index is 531. The predicted octanol–water partition coefficient (Wildman–Crippen LogP) is 2.56. The van der Waals surface area contributed by atoms with Gasteiger partial charge in [-0.25, -0.2) is 0 Å². The molecule has 1 aromatic rings. The molecule has 3 heteroatoms. The normalized spacial score (nSPS) is 26.7. The van der Waals surface area contributed by atoms with E-state index in [0.717, 1.165) is 25.0 Å². The summed E-state index contributed by atoms with van der Waals surface area (Å²) in [5.41, 5.74) is 10.1. The maximum Gasteiger partial charge on any atom is 0.192 e. The highest BCUT2D eigenvalue weighted by Crippen LogP contribution is 2.39. The minimum Gasteiger partial charge on any atom is -0.370 e. The number of hydrogen-bond acceptors (Lipinski definition) is 3. The Kier molecular flexibility index (Phi) is 2.80. The van der Waals surface area contributed by atoms with E-state index in [1.807, 2.05) is 0 Å². The van der Waals surface area contributed by atoms with E-state index in [9.17, 15) is 0 Å². The molecule has 1 aliphatic heterocycles. The van der Waals surface area contributed by atoms with Crippen LogP contribution in [0, 0.1) is 19.8 Å². The molecule has 0 bridgehead atoms. The molecule has 1 heterocycles. The first kappa shape index (κ1) is 12.5. The Morgan fingerprint density at radius 2 is 2.11 bits per heavy atom. The fraction of sp³-hybridized carbons (Fsp3) is 0.562. The highest BCUT2D eigenvalue weighted by atomic mass is 15.4. The SMILES string of the molecule is Cc1ccc(C2(C)CN=C(N)N2CC2CC2)c(C)c1. The molecular formula is C16H23N3. The standard InChI is InChI=1S/C16H23N3/c1-11-4-7-14(12(2)8-11)16(3)10-18-15(17)19(16)9-13-5-6-13/h4,7-8,13H,5-6,9-10H2,1-3H3,(H2,17,18). The van der Waals surface area contributed by atoms with Crippen LogP contribution in [0.5, 0.6) is 0 Å². The van der Waals surface area contributed by atoms with Crippen molar-refractivity contribution in [2.75, 3.05) is 13.1 Å². The molecule has 0 spiro atoms. The molecule has 1 unspecified atom stereocenters. The lowest BCUT2D eigenvalue weighted by Crippen LogP contribution is -2.48. The van der Waals surface area contributed by atoms with Gasteiger partial charge in [0.1, 0.15) is 0 Å². The van der Waals surface area contributed by atoms with E-state index < -0.39 is 0 Å². The average Bonchev–Trinajstić information content (AvgIpc) is 3.11. The molecule has 1 aliphatic carbocycles. The molecular weight excluding hydrogens is 234 g/mol. The van der Waals surface area contributed by atoms with E-state index in [1.165, 1.54) is 29.5 Å². The molecule has 0 radical (unpaired) electrons. The first-order valence-electron chi connectivity index (χ1n) is 7.16. The van der Waals surface area contributed by atoms with Gasteiger partial charge in [0.05, 0.1) is 12.1 Å². The third-order valence-corrected chi connectivity index (χ3v) is 4.52. The fourth-order valence-corrected chi connectivity index (χ4v) is 3.16. The summed E-state index contributed by atoms with van der Waals surface area (Å²) in [6.07, 6.45) is 2.68. The second kappa shape index (κ2) is 4.26. The second-order valence-corrected chi connectivity index (χ2v) is 6.32. The lowest BCUT2D eigenvalue weighted by Gasteiger charge is -2.38. The zero-order chi connectivity index (χ0) is 13.6. The Labute approximate surface area is 115 Å². The third kappa shape index (κ3) is 2.11. The number of aliphatic imine (C=N–C) groups is 1. The summed E-state index contributed by atoms with van der Waals surface area (Å²) in [4.78, 5) is 6.83. The molecule has 1 fully saturated rings. The Morgan fingerprint density at radius 1 is 1.37 bits per heavy atom. The highest BCUT2D eigenvalue weighted by molar-refractivity contribution is 5.81. The van der Waals surface area contributed by atoms with Crippen molar-refractivity contribution in [3.05, 3.63) is 34.9 Å². The van der Waals surface area contributed by atoms with Gasteiger partial charge in [-0.2, -0.15) is 0 Å². The van der Waals surface area contributed by atoms with Gasteiger partial charge in [-0.15, -0.1) is 0 Å². The number of hydrogen-bond donors (Lipinski definition) is 1. The molecule has 3 rings (SSSR count). The molecule has 1 saturated carbocycles. The lowest BCUT2D eigenvalue weighted by atomic mass is 9.87. The summed E-state index contributed by atoms with van der Waals surface area (Å²) in [5, 5.41) is 0. The Morgan fingerprint density at radius 3 is 2.74 bits per heavy atom. The van der Waals surface area contributed by atoms with Gasteiger partial charge < -0.3 is 10.6 Å².